The number of carboxylic acids is 1. The van der Waals surface area contributed by atoms with Gasteiger partial charge in [0, 0.05) is 11.8 Å². The number of aliphatic imine (C=N–C) groups is 1. The Balaban J connectivity index is 2.01. The van der Waals surface area contributed by atoms with Crippen molar-refractivity contribution in [1.82, 2.24) is 15.2 Å². The summed E-state index contributed by atoms with van der Waals surface area (Å²) in [6.07, 6.45) is 0.0321. The van der Waals surface area contributed by atoms with Crippen LogP contribution in [0.5, 0.6) is 0 Å². The van der Waals surface area contributed by atoms with Crippen molar-refractivity contribution >= 4 is 23.8 Å². The smallest absolute Gasteiger partial charge is 0.411 e. The number of methoxy groups -OCH3 is 1. The second-order valence-electron chi connectivity index (χ2n) is 7.07. The zero-order chi connectivity index (χ0) is 20.6. The molecule has 1 aromatic heterocycles. The highest BCUT2D eigenvalue weighted by Crippen LogP contribution is 2.30. The van der Waals surface area contributed by atoms with Crippen LogP contribution in [0.2, 0.25) is 0 Å². The molecule has 10 nitrogen and oxygen atoms in total. The van der Waals surface area contributed by atoms with E-state index in [0.717, 1.165) is 0 Å². The molecule has 3 heterocycles. The van der Waals surface area contributed by atoms with E-state index in [4.69, 9.17) is 9.47 Å². The maximum atomic E-state index is 12.4. The van der Waals surface area contributed by atoms with Gasteiger partial charge < -0.3 is 19.9 Å². The van der Waals surface area contributed by atoms with Crippen LogP contribution < -0.4 is 5.32 Å². The second-order valence-corrected chi connectivity index (χ2v) is 7.07. The Labute approximate surface area is 161 Å². The first-order chi connectivity index (χ1) is 13.2. The number of nitrogens with zero attached hydrogens (tertiary/aromatic N) is 3. The molecule has 0 aliphatic carbocycles. The molecule has 0 bridgehead atoms. The van der Waals surface area contributed by atoms with E-state index in [-0.39, 0.29) is 28.9 Å². The topological polar surface area (TPSA) is 130 Å². The lowest BCUT2D eigenvalue weighted by Gasteiger charge is -2.22. The Morgan fingerprint density at radius 2 is 2.18 bits per heavy atom. The third-order valence-electron chi connectivity index (χ3n) is 5.11. The molecule has 150 valence electrons. The first-order valence-electron chi connectivity index (χ1n) is 8.80. The van der Waals surface area contributed by atoms with Crippen LogP contribution in [-0.4, -0.2) is 64.6 Å². The monoisotopic (exact) mass is 390 g/mol. The van der Waals surface area contributed by atoms with Crippen molar-refractivity contribution in [1.29, 1.82) is 0 Å². The summed E-state index contributed by atoms with van der Waals surface area (Å²) in [5, 5.41) is 12.3. The zero-order valence-corrected chi connectivity index (χ0v) is 16.1. The van der Waals surface area contributed by atoms with Gasteiger partial charge in [-0.2, -0.15) is 0 Å². The van der Waals surface area contributed by atoms with Crippen molar-refractivity contribution in [2.75, 3.05) is 20.3 Å². The highest BCUT2D eigenvalue weighted by molar-refractivity contribution is 6.17. The van der Waals surface area contributed by atoms with E-state index in [2.05, 4.69) is 15.3 Å². The molecule has 2 aliphatic heterocycles. The molecule has 1 saturated heterocycles. The van der Waals surface area contributed by atoms with E-state index >= 15 is 0 Å². The Morgan fingerprint density at radius 1 is 1.46 bits per heavy atom. The summed E-state index contributed by atoms with van der Waals surface area (Å²) >= 11 is 0. The minimum atomic E-state index is -1.23. The number of amides is 2. The summed E-state index contributed by atoms with van der Waals surface area (Å²) in [6.45, 7) is 6.02. The normalized spacial score (nSPS) is 24.3. The summed E-state index contributed by atoms with van der Waals surface area (Å²) in [5.74, 6) is -1.52. The van der Waals surface area contributed by atoms with Gasteiger partial charge in [0.2, 0.25) is 0 Å². The maximum Gasteiger partial charge on any atom is 0.411 e. The van der Waals surface area contributed by atoms with Gasteiger partial charge in [0.15, 0.2) is 12.1 Å². The van der Waals surface area contributed by atoms with E-state index in [9.17, 15) is 19.5 Å². The van der Waals surface area contributed by atoms with Crippen molar-refractivity contribution in [3.8, 4) is 0 Å². The van der Waals surface area contributed by atoms with Crippen LogP contribution in [0.1, 0.15) is 48.6 Å². The molecule has 2 aliphatic rings. The summed E-state index contributed by atoms with van der Waals surface area (Å²) in [7, 11) is 1.26. The van der Waals surface area contributed by atoms with Crippen molar-refractivity contribution in [2.45, 2.75) is 32.5 Å². The molecule has 10 heteroatoms. The van der Waals surface area contributed by atoms with Gasteiger partial charge in [-0.05, 0) is 18.9 Å². The number of carbonyl (C=O) groups excluding carboxylic acids is 2. The average Bonchev–Trinajstić information content (AvgIpc) is 3.26. The molecule has 0 radical (unpaired) electrons. The van der Waals surface area contributed by atoms with E-state index in [0.29, 0.717) is 18.7 Å². The van der Waals surface area contributed by atoms with E-state index in [1.165, 1.54) is 24.3 Å². The molecule has 0 saturated carbocycles. The molecular weight excluding hydrogens is 368 g/mol. The summed E-state index contributed by atoms with van der Waals surface area (Å²) < 4.78 is 10.3. The minimum Gasteiger partial charge on any atom is -0.478 e. The van der Waals surface area contributed by atoms with Crippen LogP contribution in [0.15, 0.2) is 17.3 Å². The number of amidine groups is 1. The van der Waals surface area contributed by atoms with Crippen LogP contribution in [0.3, 0.4) is 0 Å². The van der Waals surface area contributed by atoms with Crippen LogP contribution in [0, 0.1) is 5.92 Å². The van der Waals surface area contributed by atoms with Gasteiger partial charge in [0.05, 0.1) is 25.8 Å². The van der Waals surface area contributed by atoms with Crippen LogP contribution in [0.25, 0.3) is 0 Å². The predicted octanol–water partition coefficient (Wildman–Crippen LogP) is 1.17. The molecule has 1 fully saturated rings. The largest absolute Gasteiger partial charge is 0.478 e. The fourth-order valence-corrected chi connectivity index (χ4v) is 3.07. The molecule has 0 spiro atoms. The van der Waals surface area contributed by atoms with Gasteiger partial charge >= 0.3 is 12.1 Å². The highest BCUT2D eigenvalue weighted by atomic mass is 16.6. The fraction of sp³-hybridized carbons (Fsp3) is 0.500. The number of pyridine rings is 1. The quantitative estimate of drug-likeness (QED) is 0.789. The summed E-state index contributed by atoms with van der Waals surface area (Å²) in [4.78, 5) is 46.0. The average molecular weight is 390 g/mol. The van der Waals surface area contributed by atoms with Gasteiger partial charge in [-0.3, -0.25) is 14.7 Å². The Bertz CT molecular complexity index is 868. The van der Waals surface area contributed by atoms with Gasteiger partial charge in [0.25, 0.3) is 5.91 Å². The number of carboxylic acid groups (broad SMARTS) is 1. The van der Waals surface area contributed by atoms with E-state index in [1.54, 1.807) is 6.92 Å². The minimum absolute atomic E-state index is 0.0524. The number of aromatic nitrogens is 1. The van der Waals surface area contributed by atoms with Gasteiger partial charge in [-0.25, -0.2) is 14.6 Å². The maximum absolute atomic E-state index is 12.4. The number of hydrogen-bond acceptors (Lipinski definition) is 7. The van der Waals surface area contributed by atoms with Gasteiger partial charge in [0.1, 0.15) is 11.2 Å². The summed E-state index contributed by atoms with van der Waals surface area (Å²) in [5.41, 5.74) is -0.705. The lowest BCUT2D eigenvalue weighted by Crippen LogP contribution is -2.41. The molecule has 28 heavy (non-hydrogen) atoms. The molecule has 0 aromatic carbocycles. The first kappa shape index (κ1) is 19.7. The Morgan fingerprint density at radius 3 is 2.75 bits per heavy atom. The Kier molecular flexibility index (Phi) is 5.07. The molecular formula is C18H22N4O6. The number of carbonyl (C=O) groups is 3. The molecule has 2 amide bonds. The highest BCUT2D eigenvalue weighted by Gasteiger charge is 2.43. The number of ether oxygens (including phenoxy) is 2. The fourth-order valence-electron chi connectivity index (χ4n) is 3.07. The van der Waals surface area contributed by atoms with Gasteiger partial charge in [-0.1, -0.05) is 13.8 Å². The molecule has 2 atom stereocenters. The predicted molar refractivity (Wildman–Crippen MR) is 96.9 cm³/mol. The third kappa shape index (κ3) is 3.19. The summed E-state index contributed by atoms with van der Waals surface area (Å²) in [6, 6.07) is 1.37. The van der Waals surface area contributed by atoms with Crippen molar-refractivity contribution in [3.63, 3.8) is 0 Å². The van der Waals surface area contributed by atoms with E-state index in [1.807, 2.05) is 13.8 Å². The van der Waals surface area contributed by atoms with E-state index < -0.39 is 23.8 Å². The number of hydrogen-bond donors (Lipinski definition) is 2. The Hall–Kier alpha value is -3.01. The lowest BCUT2D eigenvalue weighted by molar-refractivity contribution is -0.124. The third-order valence-corrected chi connectivity index (χ3v) is 5.11. The first-order valence-corrected chi connectivity index (χ1v) is 8.80. The van der Waals surface area contributed by atoms with Crippen LogP contribution >= 0.6 is 0 Å². The van der Waals surface area contributed by atoms with Crippen molar-refractivity contribution in [3.05, 3.63) is 29.1 Å². The SMILES string of the molecule is COC(=O)N1CCOC1c1cnc(C2=NC(C)(C(C)C)C(=O)N2)c(C(=O)O)c1. The number of rotatable bonds is 4. The molecule has 1 aromatic rings. The molecule has 2 unspecified atom stereocenters. The van der Waals surface area contributed by atoms with Crippen LogP contribution in [-0.2, 0) is 14.3 Å². The zero-order valence-electron chi connectivity index (χ0n) is 16.1. The van der Waals surface area contributed by atoms with Crippen LogP contribution in [0.4, 0.5) is 4.79 Å². The molecule has 2 N–H and O–H groups in total. The van der Waals surface area contributed by atoms with Gasteiger partial charge in [-0.15, -0.1) is 0 Å². The second kappa shape index (κ2) is 7.19. The van der Waals surface area contributed by atoms with Crippen molar-refractivity contribution in [2.24, 2.45) is 10.9 Å². The number of aromatic carboxylic acids is 1. The number of nitrogens with one attached hydrogen (secondary N) is 1. The van der Waals surface area contributed by atoms with Crippen molar-refractivity contribution < 1.29 is 29.0 Å². The standard InChI is InChI=1S/C18H22N4O6/c1-9(2)18(3)16(25)20-13(21-18)12-11(15(23)24)7-10(8-19-12)14-22(5-6-28-14)17(26)27-4/h7-9,14H,5-6H2,1-4H3,(H,23,24)(H,20,21,25). The molecule has 3 rings (SSSR count). The lowest BCUT2D eigenvalue weighted by atomic mass is 9.89.